The highest BCUT2D eigenvalue weighted by atomic mass is 16.5. The molecule has 0 aliphatic carbocycles. The van der Waals surface area contributed by atoms with Crippen LogP contribution in [-0.4, -0.2) is 82.0 Å². The summed E-state index contributed by atoms with van der Waals surface area (Å²) in [5.74, 6) is -0.139. The average molecular weight is 525 g/mol. The molecule has 12 heteroatoms. The molecule has 0 unspecified atom stereocenters. The molecule has 1 aliphatic rings. The Labute approximate surface area is 221 Å². The quantitative estimate of drug-likeness (QED) is 0.238. The highest BCUT2D eigenvalue weighted by Crippen LogP contribution is 2.31. The summed E-state index contributed by atoms with van der Waals surface area (Å²) in [5, 5.41) is 7.27. The van der Waals surface area contributed by atoms with Crippen LogP contribution in [0.15, 0.2) is 30.4 Å². The number of imidazole rings is 1. The molecule has 3 heterocycles. The van der Waals surface area contributed by atoms with Gasteiger partial charge in [0.15, 0.2) is 0 Å². The molecular weight excluding hydrogens is 488 g/mol. The van der Waals surface area contributed by atoms with Crippen molar-refractivity contribution < 1.29 is 19.1 Å². The molecule has 0 spiro atoms. The van der Waals surface area contributed by atoms with E-state index in [4.69, 9.17) is 20.9 Å². The Balaban J connectivity index is 1.66. The maximum absolute atomic E-state index is 13.2. The average Bonchev–Trinajstić information content (AvgIpc) is 3.46. The third-order valence-corrected chi connectivity index (χ3v) is 6.32. The van der Waals surface area contributed by atoms with Crippen LogP contribution in [0, 0.1) is 6.92 Å². The predicted octanol–water partition coefficient (Wildman–Crippen LogP) is 1.53. The van der Waals surface area contributed by atoms with E-state index >= 15 is 0 Å². The monoisotopic (exact) mass is 524 g/mol. The number of nitrogens with zero attached hydrogens (tertiary/aromatic N) is 5. The van der Waals surface area contributed by atoms with E-state index in [1.54, 1.807) is 22.9 Å². The molecule has 1 aliphatic heterocycles. The fourth-order valence-electron chi connectivity index (χ4n) is 4.46. The van der Waals surface area contributed by atoms with Gasteiger partial charge in [0, 0.05) is 44.8 Å². The summed E-state index contributed by atoms with van der Waals surface area (Å²) in [4.78, 5) is 32.3. The first-order valence-electron chi connectivity index (χ1n) is 12.9. The van der Waals surface area contributed by atoms with Gasteiger partial charge in [-0.25, -0.2) is 4.98 Å². The lowest BCUT2D eigenvalue weighted by Crippen LogP contribution is -2.37. The zero-order valence-corrected chi connectivity index (χ0v) is 22.0. The second-order valence-corrected chi connectivity index (χ2v) is 9.06. The highest BCUT2D eigenvalue weighted by Gasteiger charge is 2.21. The van der Waals surface area contributed by atoms with E-state index in [2.05, 4.69) is 20.3 Å². The standard InChI is InChI=1S/C26H36N8O4/c1-3-34-21(15-18(2)31-34)25(36)30-26-29-20-16-19(24(28)35)17-22(23(20)33(26)9-5-4-7-27)38-12-6-8-32-10-13-37-14-11-32/h4-5,15-17H,3,6-14,27H2,1-2H3,(H2,28,35)(H,29,30,36)/b5-4+. The van der Waals surface area contributed by atoms with Crippen LogP contribution in [0.5, 0.6) is 5.75 Å². The minimum atomic E-state index is -0.587. The molecule has 1 fully saturated rings. The second-order valence-electron chi connectivity index (χ2n) is 9.06. The van der Waals surface area contributed by atoms with Gasteiger partial charge in [-0.15, -0.1) is 0 Å². The van der Waals surface area contributed by atoms with Gasteiger partial charge in [-0.05, 0) is 38.5 Å². The minimum absolute atomic E-state index is 0.278. The van der Waals surface area contributed by atoms with Crippen LogP contribution in [0.4, 0.5) is 5.95 Å². The maximum atomic E-state index is 13.2. The molecule has 0 bridgehead atoms. The first-order chi connectivity index (χ1) is 18.4. The fraction of sp³-hybridized carbons (Fsp3) is 0.462. The molecule has 4 rings (SSSR count). The highest BCUT2D eigenvalue weighted by molar-refractivity contribution is 6.04. The number of fused-ring (bicyclic) bond motifs is 1. The Hall–Kier alpha value is -3.74. The largest absolute Gasteiger partial charge is 0.491 e. The molecule has 0 atom stereocenters. The summed E-state index contributed by atoms with van der Waals surface area (Å²) >= 11 is 0. The number of anilines is 1. The molecule has 0 saturated carbocycles. The van der Waals surface area contributed by atoms with Gasteiger partial charge in [0.05, 0.1) is 31.0 Å². The SMILES string of the molecule is CCn1nc(C)cc1C(=O)Nc1nc2cc(C(N)=O)cc(OCCCN3CCOCC3)c2n1C/C=C/CN. The third kappa shape index (κ3) is 6.39. The molecule has 1 aromatic carbocycles. The molecule has 12 nitrogen and oxygen atoms in total. The molecule has 38 heavy (non-hydrogen) atoms. The van der Waals surface area contributed by atoms with Gasteiger partial charge in [-0.1, -0.05) is 12.2 Å². The van der Waals surface area contributed by atoms with Crippen LogP contribution in [0.1, 0.15) is 39.9 Å². The van der Waals surface area contributed by atoms with Crippen molar-refractivity contribution in [1.82, 2.24) is 24.2 Å². The van der Waals surface area contributed by atoms with Crippen molar-refractivity contribution in [2.75, 3.05) is 51.3 Å². The third-order valence-electron chi connectivity index (χ3n) is 6.32. The van der Waals surface area contributed by atoms with Gasteiger partial charge in [-0.2, -0.15) is 5.10 Å². The van der Waals surface area contributed by atoms with Crippen molar-refractivity contribution in [2.45, 2.75) is 33.4 Å². The number of hydrogen-bond donors (Lipinski definition) is 3. The van der Waals surface area contributed by atoms with Crippen LogP contribution in [0.25, 0.3) is 11.0 Å². The predicted molar refractivity (Wildman–Crippen MR) is 144 cm³/mol. The Morgan fingerprint density at radius 1 is 1.21 bits per heavy atom. The van der Waals surface area contributed by atoms with Crippen LogP contribution >= 0.6 is 0 Å². The number of rotatable bonds is 12. The summed E-state index contributed by atoms with van der Waals surface area (Å²) in [6.45, 7) is 9.68. The van der Waals surface area contributed by atoms with Gasteiger partial charge in [0.1, 0.15) is 17.0 Å². The summed E-state index contributed by atoms with van der Waals surface area (Å²) in [6.07, 6.45) is 4.52. The Kier molecular flexibility index (Phi) is 9.10. The number of benzene rings is 1. The molecule has 0 radical (unpaired) electrons. The van der Waals surface area contributed by atoms with Crippen molar-refractivity contribution in [2.24, 2.45) is 11.5 Å². The molecule has 1 saturated heterocycles. The summed E-state index contributed by atoms with van der Waals surface area (Å²) in [6, 6.07) is 4.97. The number of carbonyl (C=O) groups excluding carboxylic acids is 2. The van der Waals surface area contributed by atoms with Gasteiger partial charge < -0.3 is 25.5 Å². The Morgan fingerprint density at radius 3 is 2.71 bits per heavy atom. The van der Waals surface area contributed by atoms with Crippen molar-refractivity contribution in [3.05, 3.63) is 47.3 Å². The number of amides is 2. The molecule has 204 valence electrons. The van der Waals surface area contributed by atoms with Gasteiger partial charge >= 0.3 is 0 Å². The van der Waals surface area contributed by atoms with E-state index in [-0.39, 0.29) is 11.5 Å². The van der Waals surface area contributed by atoms with Crippen LogP contribution in [-0.2, 0) is 17.8 Å². The molecule has 5 N–H and O–H groups in total. The number of primary amides is 1. The van der Waals surface area contributed by atoms with Crippen molar-refractivity contribution in [3.8, 4) is 5.75 Å². The molecule has 2 amide bonds. The normalized spacial score (nSPS) is 14.4. The molecular formula is C26H36N8O4. The summed E-state index contributed by atoms with van der Waals surface area (Å²) in [5.41, 5.74) is 13.9. The number of carbonyl (C=O) groups is 2. The number of aromatic nitrogens is 4. The zero-order chi connectivity index (χ0) is 27.1. The lowest BCUT2D eigenvalue weighted by molar-refractivity contribution is 0.0358. The lowest BCUT2D eigenvalue weighted by atomic mass is 10.1. The van der Waals surface area contributed by atoms with E-state index < -0.39 is 5.91 Å². The second kappa shape index (κ2) is 12.7. The van der Waals surface area contributed by atoms with Crippen LogP contribution < -0.4 is 21.5 Å². The van der Waals surface area contributed by atoms with Gasteiger partial charge in [0.2, 0.25) is 11.9 Å². The molecule has 2 aromatic heterocycles. The first-order valence-corrected chi connectivity index (χ1v) is 12.9. The van der Waals surface area contributed by atoms with Crippen LogP contribution in [0.2, 0.25) is 0 Å². The smallest absolute Gasteiger partial charge is 0.276 e. The summed E-state index contributed by atoms with van der Waals surface area (Å²) < 4.78 is 15.1. The minimum Gasteiger partial charge on any atom is -0.491 e. The fourth-order valence-corrected chi connectivity index (χ4v) is 4.46. The van der Waals surface area contributed by atoms with Crippen molar-refractivity contribution in [1.29, 1.82) is 0 Å². The van der Waals surface area contributed by atoms with Gasteiger partial charge in [0.25, 0.3) is 5.91 Å². The van der Waals surface area contributed by atoms with E-state index in [0.29, 0.717) is 54.7 Å². The molecule has 3 aromatic rings. The van der Waals surface area contributed by atoms with Crippen molar-refractivity contribution >= 4 is 28.8 Å². The Bertz CT molecular complexity index is 1310. The number of nitrogens with one attached hydrogen (secondary N) is 1. The number of aryl methyl sites for hydroxylation is 2. The Morgan fingerprint density at radius 2 is 2.00 bits per heavy atom. The number of nitrogens with two attached hydrogens (primary N) is 2. The number of hydrogen-bond acceptors (Lipinski definition) is 8. The van der Waals surface area contributed by atoms with E-state index in [1.807, 2.05) is 30.6 Å². The topological polar surface area (TPSA) is 156 Å². The lowest BCUT2D eigenvalue weighted by Gasteiger charge is -2.26. The number of allylic oxidation sites excluding steroid dienone is 1. The first kappa shape index (κ1) is 27.3. The maximum Gasteiger partial charge on any atom is 0.276 e. The number of morpholine rings is 1. The van der Waals surface area contributed by atoms with E-state index in [9.17, 15) is 9.59 Å². The van der Waals surface area contributed by atoms with E-state index in [1.165, 1.54) is 0 Å². The van der Waals surface area contributed by atoms with Gasteiger partial charge in [-0.3, -0.25) is 24.5 Å². The summed E-state index contributed by atoms with van der Waals surface area (Å²) in [7, 11) is 0. The zero-order valence-electron chi connectivity index (χ0n) is 22.0. The van der Waals surface area contributed by atoms with Crippen molar-refractivity contribution in [3.63, 3.8) is 0 Å². The number of ether oxygens (including phenoxy) is 2. The van der Waals surface area contributed by atoms with Crippen LogP contribution in [0.3, 0.4) is 0 Å². The van der Waals surface area contributed by atoms with E-state index in [0.717, 1.165) is 45.0 Å².